The number of nitrogens with zero attached hydrogens (tertiary/aromatic N) is 5. The summed E-state index contributed by atoms with van der Waals surface area (Å²) in [4.78, 5) is 6.75. The molecule has 2 heterocycles. The molecule has 1 aliphatic heterocycles. The number of aromatic nitrogens is 3. The van der Waals surface area contributed by atoms with Crippen LogP contribution in [0.5, 0.6) is 0 Å². The molecule has 2 rings (SSSR count). The van der Waals surface area contributed by atoms with Gasteiger partial charge in [0, 0.05) is 33.2 Å². The Bertz CT molecular complexity index is 423. The van der Waals surface area contributed by atoms with E-state index in [-0.39, 0.29) is 0 Å². The molecule has 0 spiro atoms. The van der Waals surface area contributed by atoms with E-state index in [9.17, 15) is 0 Å². The molecule has 0 unspecified atom stereocenters. The molecule has 0 atom stereocenters. The van der Waals surface area contributed by atoms with Crippen molar-refractivity contribution in [2.24, 2.45) is 10.4 Å². The minimum Gasteiger partial charge on any atom is -0.356 e. The van der Waals surface area contributed by atoms with E-state index in [1.165, 1.54) is 6.42 Å². The molecule has 0 aliphatic carbocycles. The molecular formula is C14H26N6. The van der Waals surface area contributed by atoms with Gasteiger partial charge in [-0.1, -0.05) is 13.8 Å². The summed E-state index contributed by atoms with van der Waals surface area (Å²) in [6.07, 6.45) is 7.00. The summed E-state index contributed by atoms with van der Waals surface area (Å²) in [7, 11) is 1.87. The van der Waals surface area contributed by atoms with E-state index in [1.54, 1.807) is 12.7 Å². The summed E-state index contributed by atoms with van der Waals surface area (Å²) < 4.78 is 2.01. The van der Waals surface area contributed by atoms with Crippen LogP contribution in [0.25, 0.3) is 0 Å². The van der Waals surface area contributed by atoms with Crippen molar-refractivity contribution in [1.29, 1.82) is 0 Å². The molecule has 0 aromatic carbocycles. The van der Waals surface area contributed by atoms with E-state index in [4.69, 9.17) is 0 Å². The number of hydrogen-bond donors (Lipinski definition) is 1. The van der Waals surface area contributed by atoms with Gasteiger partial charge in [-0.05, 0) is 24.7 Å². The molecular weight excluding hydrogens is 252 g/mol. The highest BCUT2D eigenvalue weighted by Gasteiger charge is 2.30. The molecule has 0 bridgehead atoms. The van der Waals surface area contributed by atoms with Gasteiger partial charge in [0.2, 0.25) is 0 Å². The van der Waals surface area contributed by atoms with Crippen LogP contribution >= 0.6 is 0 Å². The normalized spacial score (nSPS) is 18.6. The highest BCUT2D eigenvalue weighted by Crippen LogP contribution is 2.28. The number of aliphatic imine (C=N–C) groups is 1. The third-order valence-corrected chi connectivity index (χ3v) is 3.78. The zero-order valence-electron chi connectivity index (χ0n) is 12.8. The summed E-state index contributed by atoms with van der Waals surface area (Å²) in [5.41, 5.74) is 0.409. The number of aryl methyl sites for hydroxylation is 1. The molecule has 0 amide bonds. The Morgan fingerprint density at radius 3 is 2.65 bits per heavy atom. The first kappa shape index (κ1) is 14.8. The molecule has 1 saturated heterocycles. The van der Waals surface area contributed by atoms with Gasteiger partial charge in [-0.15, -0.1) is 10.2 Å². The van der Waals surface area contributed by atoms with Crippen molar-refractivity contribution in [3.8, 4) is 0 Å². The van der Waals surface area contributed by atoms with Crippen LogP contribution < -0.4 is 5.32 Å². The lowest BCUT2D eigenvalue weighted by molar-refractivity contribution is 0.370. The monoisotopic (exact) mass is 278 g/mol. The number of nitrogens with one attached hydrogen (secondary N) is 1. The van der Waals surface area contributed by atoms with Crippen molar-refractivity contribution in [2.75, 3.05) is 26.7 Å². The standard InChI is InChI=1S/C14H26N6/c1-14(2)6-9-20(10-14)13(15-3)16-7-4-5-8-19-11-17-18-12-19/h11-12H,4-10H2,1-3H3,(H,15,16). The molecule has 20 heavy (non-hydrogen) atoms. The topological polar surface area (TPSA) is 58.3 Å². The van der Waals surface area contributed by atoms with Crippen LogP contribution in [-0.4, -0.2) is 52.3 Å². The van der Waals surface area contributed by atoms with Crippen molar-refractivity contribution in [3.05, 3.63) is 12.7 Å². The average Bonchev–Trinajstić information content (AvgIpc) is 3.03. The Morgan fingerprint density at radius 2 is 2.05 bits per heavy atom. The Hall–Kier alpha value is -1.59. The molecule has 1 aromatic rings. The molecule has 6 heteroatoms. The van der Waals surface area contributed by atoms with E-state index in [0.717, 1.165) is 45.0 Å². The molecule has 0 saturated carbocycles. The number of guanidine groups is 1. The minimum atomic E-state index is 0.409. The van der Waals surface area contributed by atoms with Gasteiger partial charge in [0.1, 0.15) is 12.7 Å². The number of likely N-dealkylation sites (tertiary alicyclic amines) is 1. The van der Waals surface area contributed by atoms with Gasteiger partial charge in [0.15, 0.2) is 5.96 Å². The van der Waals surface area contributed by atoms with Crippen LogP contribution in [0.4, 0.5) is 0 Å². The van der Waals surface area contributed by atoms with Crippen molar-refractivity contribution < 1.29 is 0 Å². The van der Waals surface area contributed by atoms with E-state index >= 15 is 0 Å². The Labute approximate surface area is 121 Å². The van der Waals surface area contributed by atoms with E-state index in [0.29, 0.717) is 5.41 Å². The zero-order valence-corrected chi connectivity index (χ0v) is 12.8. The lowest BCUT2D eigenvalue weighted by Crippen LogP contribution is -2.41. The van der Waals surface area contributed by atoms with Crippen molar-refractivity contribution in [2.45, 2.75) is 39.7 Å². The fraction of sp³-hybridized carbons (Fsp3) is 0.786. The summed E-state index contributed by atoms with van der Waals surface area (Å²) in [5.74, 6) is 1.04. The Kier molecular flexibility index (Phi) is 4.98. The summed E-state index contributed by atoms with van der Waals surface area (Å²) in [5, 5.41) is 11.1. The smallest absolute Gasteiger partial charge is 0.193 e. The number of unbranched alkanes of at least 4 members (excludes halogenated alkanes) is 1. The molecule has 112 valence electrons. The molecule has 0 radical (unpaired) electrons. The maximum absolute atomic E-state index is 4.39. The number of hydrogen-bond acceptors (Lipinski definition) is 3. The van der Waals surface area contributed by atoms with E-state index in [1.807, 2.05) is 11.6 Å². The predicted molar refractivity (Wildman–Crippen MR) is 80.6 cm³/mol. The summed E-state index contributed by atoms with van der Waals surface area (Å²) in [6.45, 7) is 8.77. The Morgan fingerprint density at radius 1 is 1.30 bits per heavy atom. The van der Waals surface area contributed by atoms with Crippen LogP contribution in [0.3, 0.4) is 0 Å². The third-order valence-electron chi connectivity index (χ3n) is 3.78. The van der Waals surface area contributed by atoms with Crippen LogP contribution in [0.1, 0.15) is 33.1 Å². The Balaban J connectivity index is 1.65. The first-order chi connectivity index (χ1) is 9.61. The van der Waals surface area contributed by atoms with Gasteiger partial charge < -0.3 is 14.8 Å². The van der Waals surface area contributed by atoms with Crippen molar-refractivity contribution in [3.63, 3.8) is 0 Å². The second-order valence-electron chi connectivity index (χ2n) is 6.22. The molecule has 1 fully saturated rings. The highest BCUT2D eigenvalue weighted by atomic mass is 15.3. The third kappa shape index (κ3) is 4.21. The summed E-state index contributed by atoms with van der Waals surface area (Å²) >= 11 is 0. The molecule has 1 N–H and O–H groups in total. The van der Waals surface area contributed by atoms with Crippen molar-refractivity contribution in [1.82, 2.24) is 25.0 Å². The van der Waals surface area contributed by atoms with Gasteiger partial charge >= 0.3 is 0 Å². The van der Waals surface area contributed by atoms with Crippen LogP contribution in [0.2, 0.25) is 0 Å². The lowest BCUT2D eigenvalue weighted by atomic mass is 9.93. The van der Waals surface area contributed by atoms with Gasteiger partial charge in [-0.2, -0.15) is 0 Å². The predicted octanol–water partition coefficient (Wildman–Crippen LogP) is 1.37. The van der Waals surface area contributed by atoms with Gasteiger partial charge in [-0.3, -0.25) is 4.99 Å². The number of rotatable bonds is 5. The first-order valence-electron chi connectivity index (χ1n) is 7.39. The average molecular weight is 278 g/mol. The maximum Gasteiger partial charge on any atom is 0.193 e. The minimum absolute atomic E-state index is 0.409. The fourth-order valence-corrected chi connectivity index (χ4v) is 2.58. The van der Waals surface area contributed by atoms with Gasteiger partial charge in [0.05, 0.1) is 0 Å². The SMILES string of the molecule is CN=C(NCCCCn1cnnc1)N1CCC(C)(C)C1. The quantitative estimate of drug-likeness (QED) is 0.502. The molecule has 1 aromatic heterocycles. The second kappa shape index (κ2) is 6.72. The van der Waals surface area contributed by atoms with Crippen molar-refractivity contribution >= 4 is 5.96 Å². The van der Waals surface area contributed by atoms with E-state index < -0.39 is 0 Å². The second-order valence-corrected chi connectivity index (χ2v) is 6.22. The molecule has 6 nitrogen and oxygen atoms in total. The molecule has 1 aliphatic rings. The zero-order chi connectivity index (χ0) is 14.4. The van der Waals surface area contributed by atoms with Crippen LogP contribution in [0, 0.1) is 5.41 Å². The van der Waals surface area contributed by atoms with E-state index in [2.05, 4.69) is 39.3 Å². The highest BCUT2D eigenvalue weighted by molar-refractivity contribution is 5.80. The van der Waals surface area contributed by atoms with Crippen LogP contribution in [0.15, 0.2) is 17.6 Å². The lowest BCUT2D eigenvalue weighted by Gasteiger charge is -2.23. The van der Waals surface area contributed by atoms with Gasteiger partial charge in [-0.25, -0.2) is 0 Å². The largest absolute Gasteiger partial charge is 0.356 e. The summed E-state index contributed by atoms with van der Waals surface area (Å²) in [6, 6.07) is 0. The maximum atomic E-state index is 4.39. The van der Waals surface area contributed by atoms with Crippen LogP contribution in [-0.2, 0) is 6.54 Å². The van der Waals surface area contributed by atoms with Gasteiger partial charge in [0.25, 0.3) is 0 Å². The first-order valence-corrected chi connectivity index (χ1v) is 7.39. The fourth-order valence-electron chi connectivity index (χ4n) is 2.58.